The fraction of sp³-hybridized carbons (Fsp3) is 0.385. The Morgan fingerprint density at radius 2 is 2.11 bits per heavy atom. The highest BCUT2D eigenvalue weighted by Crippen LogP contribution is 2.17. The molecule has 3 nitrogen and oxygen atoms in total. The zero-order valence-electron chi connectivity index (χ0n) is 10.0. The van der Waals surface area contributed by atoms with Gasteiger partial charge < -0.3 is 4.74 Å². The van der Waals surface area contributed by atoms with E-state index in [9.17, 15) is 9.59 Å². The number of hydrogen-bond donors (Lipinski definition) is 0. The SMILES string of the molecule is CCOC(=O)c1ccc(C(=O)CCBr)c(CCl)c1. The molecule has 0 N–H and O–H groups in total. The van der Waals surface area contributed by atoms with Crippen molar-refractivity contribution in [3.8, 4) is 0 Å². The average Bonchev–Trinajstić information content (AvgIpc) is 2.38. The van der Waals surface area contributed by atoms with Crippen molar-refractivity contribution < 1.29 is 14.3 Å². The molecule has 0 bridgehead atoms. The highest BCUT2D eigenvalue weighted by atomic mass is 79.9. The number of carbonyl (C=O) groups is 2. The predicted molar refractivity (Wildman–Crippen MR) is 74.7 cm³/mol. The van der Waals surface area contributed by atoms with E-state index in [1.54, 1.807) is 25.1 Å². The molecule has 0 unspecified atom stereocenters. The van der Waals surface area contributed by atoms with Gasteiger partial charge in [-0.15, -0.1) is 11.6 Å². The first-order valence-electron chi connectivity index (χ1n) is 5.59. The van der Waals surface area contributed by atoms with E-state index in [2.05, 4.69) is 15.9 Å². The Labute approximate surface area is 120 Å². The van der Waals surface area contributed by atoms with Gasteiger partial charge in [-0.1, -0.05) is 22.0 Å². The van der Waals surface area contributed by atoms with Crippen molar-refractivity contribution >= 4 is 39.3 Å². The van der Waals surface area contributed by atoms with Crippen molar-refractivity contribution in [2.45, 2.75) is 19.2 Å². The van der Waals surface area contributed by atoms with Crippen LogP contribution >= 0.6 is 27.5 Å². The Hall–Kier alpha value is -0.870. The lowest BCUT2D eigenvalue weighted by Crippen LogP contribution is -2.08. The summed E-state index contributed by atoms with van der Waals surface area (Å²) in [6, 6.07) is 4.84. The highest BCUT2D eigenvalue weighted by molar-refractivity contribution is 9.09. The standard InChI is InChI=1S/C13H14BrClO3/c1-2-18-13(17)9-3-4-11(10(7-9)8-15)12(16)5-6-14/h3-4,7H,2,5-6,8H2,1H3. The molecule has 18 heavy (non-hydrogen) atoms. The minimum absolute atomic E-state index is 0.0120. The average molecular weight is 334 g/mol. The summed E-state index contributed by atoms with van der Waals surface area (Å²) >= 11 is 9.04. The normalized spacial score (nSPS) is 10.2. The van der Waals surface area contributed by atoms with E-state index < -0.39 is 5.97 Å². The highest BCUT2D eigenvalue weighted by Gasteiger charge is 2.14. The van der Waals surface area contributed by atoms with Crippen LogP contribution < -0.4 is 0 Å². The van der Waals surface area contributed by atoms with Crippen LogP contribution in [0.1, 0.15) is 39.6 Å². The summed E-state index contributed by atoms with van der Waals surface area (Å²) in [6.07, 6.45) is 0.405. The topological polar surface area (TPSA) is 43.4 Å². The lowest BCUT2D eigenvalue weighted by Gasteiger charge is -2.08. The summed E-state index contributed by atoms with van der Waals surface area (Å²) in [4.78, 5) is 23.4. The molecular formula is C13H14BrClO3. The van der Waals surface area contributed by atoms with Crippen LogP contribution in [0.15, 0.2) is 18.2 Å². The van der Waals surface area contributed by atoms with Gasteiger partial charge in [0.1, 0.15) is 0 Å². The van der Waals surface area contributed by atoms with E-state index in [0.29, 0.717) is 35.0 Å². The molecule has 0 heterocycles. The molecule has 98 valence electrons. The van der Waals surface area contributed by atoms with Crippen LogP contribution in [0.5, 0.6) is 0 Å². The van der Waals surface area contributed by atoms with Gasteiger partial charge in [0.05, 0.1) is 12.2 Å². The Kier molecular flexibility index (Phi) is 6.36. The summed E-state index contributed by atoms with van der Waals surface area (Å²) in [6.45, 7) is 2.06. The fourth-order valence-electron chi connectivity index (χ4n) is 1.54. The summed E-state index contributed by atoms with van der Waals surface area (Å²) in [5.41, 5.74) is 1.65. The number of esters is 1. The number of Topliss-reactive ketones (excluding diaryl/α,β-unsaturated/α-hetero) is 1. The number of ether oxygens (including phenoxy) is 1. The first kappa shape index (κ1) is 15.2. The molecule has 0 amide bonds. The molecule has 1 aromatic carbocycles. The van der Waals surface area contributed by atoms with Gasteiger partial charge in [0.25, 0.3) is 0 Å². The van der Waals surface area contributed by atoms with E-state index in [-0.39, 0.29) is 11.7 Å². The molecule has 0 aliphatic rings. The van der Waals surface area contributed by atoms with E-state index in [4.69, 9.17) is 16.3 Å². The Morgan fingerprint density at radius 1 is 1.39 bits per heavy atom. The maximum atomic E-state index is 11.8. The molecule has 1 rings (SSSR count). The predicted octanol–water partition coefficient (Wildman–Crippen LogP) is 3.57. The van der Waals surface area contributed by atoms with Gasteiger partial charge >= 0.3 is 5.97 Å². The zero-order chi connectivity index (χ0) is 13.5. The number of carbonyl (C=O) groups excluding carboxylic acids is 2. The fourth-order valence-corrected chi connectivity index (χ4v) is 2.12. The van der Waals surface area contributed by atoms with Crippen molar-refractivity contribution in [1.82, 2.24) is 0 Å². The maximum absolute atomic E-state index is 11.8. The van der Waals surface area contributed by atoms with Gasteiger partial charge in [-0.05, 0) is 24.6 Å². The molecule has 0 aliphatic heterocycles. The third-order valence-corrected chi connectivity index (χ3v) is 3.07. The van der Waals surface area contributed by atoms with E-state index in [0.717, 1.165) is 0 Å². The first-order chi connectivity index (χ1) is 8.63. The van der Waals surface area contributed by atoms with Crippen molar-refractivity contribution in [3.05, 3.63) is 34.9 Å². The van der Waals surface area contributed by atoms with Crippen molar-refractivity contribution in [2.75, 3.05) is 11.9 Å². The second kappa shape index (κ2) is 7.54. The molecule has 0 fully saturated rings. The van der Waals surface area contributed by atoms with Crippen LogP contribution in [-0.2, 0) is 10.6 Å². The van der Waals surface area contributed by atoms with Gasteiger partial charge in [0, 0.05) is 23.2 Å². The number of alkyl halides is 2. The Bertz CT molecular complexity index is 446. The molecule has 1 aromatic rings. The van der Waals surface area contributed by atoms with E-state index in [1.807, 2.05) is 0 Å². The number of rotatable bonds is 6. The number of ketones is 1. The van der Waals surface area contributed by atoms with Gasteiger partial charge in [0.15, 0.2) is 5.78 Å². The number of halogens is 2. The maximum Gasteiger partial charge on any atom is 0.338 e. The van der Waals surface area contributed by atoms with Gasteiger partial charge in [-0.25, -0.2) is 4.79 Å². The van der Waals surface area contributed by atoms with Crippen LogP contribution in [0, 0.1) is 0 Å². The monoisotopic (exact) mass is 332 g/mol. The first-order valence-corrected chi connectivity index (χ1v) is 7.24. The van der Waals surface area contributed by atoms with Gasteiger partial charge in [0.2, 0.25) is 0 Å². The molecule has 0 atom stereocenters. The molecular weight excluding hydrogens is 319 g/mol. The lowest BCUT2D eigenvalue weighted by atomic mass is 10.0. The number of benzene rings is 1. The van der Waals surface area contributed by atoms with E-state index in [1.165, 1.54) is 0 Å². The smallest absolute Gasteiger partial charge is 0.338 e. The summed E-state index contributed by atoms with van der Waals surface area (Å²) in [5.74, 6) is -0.197. The minimum Gasteiger partial charge on any atom is -0.462 e. The zero-order valence-corrected chi connectivity index (χ0v) is 12.4. The second-order valence-corrected chi connectivity index (χ2v) is 4.65. The Morgan fingerprint density at radius 3 is 2.67 bits per heavy atom. The van der Waals surface area contributed by atoms with Gasteiger partial charge in [-0.2, -0.15) is 0 Å². The van der Waals surface area contributed by atoms with Crippen LogP contribution in [0.3, 0.4) is 0 Å². The van der Waals surface area contributed by atoms with Crippen LogP contribution in [0.2, 0.25) is 0 Å². The van der Waals surface area contributed by atoms with Crippen LogP contribution in [0.4, 0.5) is 0 Å². The molecule has 5 heteroatoms. The third kappa shape index (κ3) is 3.82. The van der Waals surface area contributed by atoms with Crippen molar-refractivity contribution in [1.29, 1.82) is 0 Å². The van der Waals surface area contributed by atoms with Gasteiger partial charge in [-0.3, -0.25) is 4.79 Å². The second-order valence-electron chi connectivity index (χ2n) is 3.59. The molecule has 0 spiro atoms. The largest absolute Gasteiger partial charge is 0.462 e. The van der Waals surface area contributed by atoms with Crippen molar-refractivity contribution in [2.24, 2.45) is 0 Å². The quantitative estimate of drug-likeness (QED) is 0.454. The van der Waals surface area contributed by atoms with E-state index >= 15 is 0 Å². The molecule has 0 saturated carbocycles. The molecule has 0 saturated heterocycles. The molecule has 0 radical (unpaired) electrons. The van der Waals surface area contributed by atoms with Crippen molar-refractivity contribution in [3.63, 3.8) is 0 Å². The molecule has 0 aromatic heterocycles. The lowest BCUT2D eigenvalue weighted by molar-refractivity contribution is 0.0526. The number of hydrogen-bond acceptors (Lipinski definition) is 3. The third-order valence-electron chi connectivity index (χ3n) is 2.38. The van der Waals surface area contributed by atoms with Crippen LogP contribution in [-0.4, -0.2) is 23.7 Å². The summed E-state index contributed by atoms with van der Waals surface area (Å²) < 4.78 is 4.90. The minimum atomic E-state index is -0.400. The Balaban J connectivity index is 3.03. The molecule has 0 aliphatic carbocycles. The summed E-state index contributed by atoms with van der Waals surface area (Å²) in [5, 5.41) is 0.604. The summed E-state index contributed by atoms with van der Waals surface area (Å²) in [7, 11) is 0. The van der Waals surface area contributed by atoms with Crippen LogP contribution in [0.25, 0.3) is 0 Å².